The zero-order chi connectivity index (χ0) is 19.4. The van der Waals surface area contributed by atoms with Crippen LogP contribution in [0.15, 0.2) is 48.5 Å². The Balaban J connectivity index is 1.76. The molecule has 0 saturated carbocycles. The van der Waals surface area contributed by atoms with E-state index < -0.39 is 10.0 Å². The van der Waals surface area contributed by atoms with Crippen LogP contribution >= 0.6 is 11.6 Å². The molecule has 7 heteroatoms. The van der Waals surface area contributed by atoms with Crippen LogP contribution in [-0.2, 0) is 21.2 Å². The first-order chi connectivity index (χ1) is 12.9. The molecule has 27 heavy (non-hydrogen) atoms. The standard InChI is InChI=1S/C20H21ClN2O3S/c1-2-27(25,26)23-13-5-7-16-14-17(10-11-19(16)23)22-20(24)12-9-15-6-3-4-8-18(15)21/h3-4,6,8-12,14H,2,5,7,13H2,1H3,(H,22,24)/b12-9+. The molecule has 2 aromatic rings. The molecule has 0 saturated heterocycles. The van der Waals surface area contributed by atoms with Crippen molar-refractivity contribution < 1.29 is 13.2 Å². The van der Waals surface area contributed by atoms with Gasteiger partial charge >= 0.3 is 0 Å². The van der Waals surface area contributed by atoms with E-state index in [0.717, 1.165) is 24.0 Å². The van der Waals surface area contributed by atoms with Crippen LogP contribution in [0, 0.1) is 0 Å². The summed E-state index contributed by atoms with van der Waals surface area (Å²) in [6.45, 7) is 2.14. The lowest BCUT2D eigenvalue weighted by molar-refractivity contribution is -0.111. The van der Waals surface area contributed by atoms with Crippen LogP contribution in [0.2, 0.25) is 5.02 Å². The van der Waals surface area contributed by atoms with Crippen molar-refractivity contribution in [3.8, 4) is 0 Å². The second-order valence-electron chi connectivity index (χ2n) is 6.26. The molecular weight excluding hydrogens is 384 g/mol. The molecule has 0 atom stereocenters. The van der Waals surface area contributed by atoms with E-state index in [2.05, 4.69) is 5.32 Å². The summed E-state index contributed by atoms with van der Waals surface area (Å²) in [6, 6.07) is 12.6. The highest BCUT2D eigenvalue weighted by Crippen LogP contribution is 2.31. The van der Waals surface area contributed by atoms with Crippen molar-refractivity contribution >= 4 is 45.0 Å². The van der Waals surface area contributed by atoms with E-state index in [4.69, 9.17) is 11.6 Å². The lowest BCUT2D eigenvalue weighted by atomic mass is 10.0. The van der Waals surface area contributed by atoms with Gasteiger partial charge in [-0.15, -0.1) is 0 Å². The van der Waals surface area contributed by atoms with Crippen LogP contribution in [0.4, 0.5) is 11.4 Å². The van der Waals surface area contributed by atoms with Crippen molar-refractivity contribution in [2.45, 2.75) is 19.8 Å². The van der Waals surface area contributed by atoms with Gasteiger partial charge in [0.05, 0.1) is 11.4 Å². The minimum atomic E-state index is -3.29. The zero-order valence-corrected chi connectivity index (χ0v) is 16.6. The summed E-state index contributed by atoms with van der Waals surface area (Å²) in [4.78, 5) is 12.2. The molecule has 0 bridgehead atoms. The van der Waals surface area contributed by atoms with Gasteiger partial charge in [-0.25, -0.2) is 8.42 Å². The fourth-order valence-electron chi connectivity index (χ4n) is 3.04. The number of fused-ring (bicyclic) bond motifs is 1. The Bertz CT molecular complexity index is 986. The second kappa shape index (κ2) is 8.15. The van der Waals surface area contributed by atoms with Gasteiger partial charge in [-0.1, -0.05) is 29.8 Å². The summed E-state index contributed by atoms with van der Waals surface area (Å²) in [7, 11) is -3.29. The summed E-state index contributed by atoms with van der Waals surface area (Å²) in [6.07, 6.45) is 4.63. The first kappa shape index (κ1) is 19.5. The molecule has 0 spiro atoms. The van der Waals surface area contributed by atoms with Crippen LogP contribution in [0.25, 0.3) is 6.08 Å². The molecule has 0 aromatic heterocycles. The highest BCUT2D eigenvalue weighted by Gasteiger charge is 2.26. The Morgan fingerprint density at radius 3 is 2.78 bits per heavy atom. The van der Waals surface area contributed by atoms with Gasteiger partial charge in [0.25, 0.3) is 0 Å². The fraction of sp³-hybridized carbons (Fsp3) is 0.250. The molecule has 0 radical (unpaired) electrons. The molecule has 3 rings (SSSR count). The number of carbonyl (C=O) groups is 1. The lowest BCUT2D eigenvalue weighted by Gasteiger charge is -2.30. The van der Waals surface area contributed by atoms with E-state index in [1.807, 2.05) is 24.3 Å². The van der Waals surface area contributed by atoms with Crippen molar-refractivity contribution in [1.82, 2.24) is 0 Å². The molecule has 5 nitrogen and oxygen atoms in total. The molecule has 2 aromatic carbocycles. The number of amides is 1. The van der Waals surface area contributed by atoms with Crippen LogP contribution in [0.5, 0.6) is 0 Å². The van der Waals surface area contributed by atoms with Crippen LogP contribution in [0.3, 0.4) is 0 Å². The number of nitrogens with one attached hydrogen (secondary N) is 1. The zero-order valence-electron chi connectivity index (χ0n) is 15.0. The molecule has 0 fully saturated rings. The number of hydrogen-bond acceptors (Lipinski definition) is 3. The predicted octanol–water partition coefficient (Wildman–Crippen LogP) is 4.09. The Morgan fingerprint density at radius 2 is 2.04 bits per heavy atom. The molecule has 0 unspecified atom stereocenters. The molecule has 1 N–H and O–H groups in total. The topological polar surface area (TPSA) is 66.5 Å². The number of hydrogen-bond donors (Lipinski definition) is 1. The third kappa shape index (κ3) is 4.51. The number of aryl methyl sites for hydroxylation is 1. The largest absolute Gasteiger partial charge is 0.323 e. The number of nitrogens with zero attached hydrogens (tertiary/aromatic N) is 1. The number of anilines is 2. The smallest absolute Gasteiger partial charge is 0.248 e. The number of rotatable bonds is 5. The van der Waals surface area contributed by atoms with Crippen molar-refractivity contribution in [3.05, 3.63) is 64.7 Å². The summed E-state index contributed by atoms with van der Waals surface area (Å²) < 4.78 is 26.0. The average molecular weight is 405 g/mol. The van der Waals surface area contributed by atoms with Crippen molar-refractivity contribution in [1.29, 1.82) is 0 Å². The van der Waals surface area contributed by atoms with Gasteiger partial charge in [0.2, 0.25) is 15.9 Å². The van der Waals surface area contributed by atoms with Crippen LogP contribution < -0.4 is 9.62 Å². The number of carbonyl (C=O) groups excluding carboxylic acids is 1. The highest BCUT2D eigenvalue weighted by atomic mass is 35.5. The molecule has 1 aliphatic rings. The number of halogens is 1. The average Bonchev–Trinajstić information content (AvgIpc) is 2.66. The molecule has 142 valence electrons. The van der Waals surface area contributed by atoms with E-state index in [9.17, 15) is 13.2 Å². The Hall–Kier alpha value is -2.31. The van der Waals surface area contributed by atoms with E-state index in [1.54, 1.807) is 31.2 Å². The maximum Gasteiger partial charge on any atom is 0.248 e. The van der Waals surface area contributed by atoms with Crippen molar-refractivity contribution in [2.24, 2.45) is 0 Å². The third-order valence-electron chi connectivity index (χ3n) is 4.44. The van der Waals surface area contributed by atoms with Gasteiger partial charge in [-0.2, -0.15) is 0 Å². The molecule has 1 aliphatic heterocycles. The second-order valence-corrected chi connectivity index (χ2v) is 8.85. The highest BCUT2D eigenvalue weighted by molar-refractivity contribution is 7.92. The maximum atomic E-state index is 12.3. The third-order valence-corrected chi connectivity index (χ3v) is 6.57. The van der Waals surface area contributed by atoms with Crippen molar-refractivity contribution in [2.75, 3.05) is 21.9 Å². The maximum absolute atomic E-state index is 12.3. The number of benzene rings is 2. The number of sulfonamides is 1. The van der Waals surface area contributed by atoms with Gasteiger partial charge in [0.15, 0.2) is 0 Å². The van der Waals surface area contributed by atoms with Gasteiger partial charge < -0.3 is 5.32 Å². The predicted molar refractivity (Wildman–Crippen MR) is 111 cm³/mol. The molecule has 1 heterocycles. The summed E-state index contributed by atoms with van der Waals surface area (Å²) in [5, 5.41) is 3.39. The molecule has 1 amide bonds. The van der Waals surface area contributed by atoms with Gasteiger partial charge in [0, 0.05) is 23.3 Å². The summed E-state index contributed by atoms with van der Waals surface area (Å²) in [5.74, 6) is -0.207. The van der Waals surface area contributed by atoms with E-state index in [-0.39, 0.29) is 11.7 Å². The van der Waals surface area contributed by atoms with E-state index in [0.29, 0.717) is 22.9 Å². The lowest BCUT2D eigenvalue weighted by Crippen LogP contribution is -2.36. The Labute approximate surface area is 164 Å². The van der Waals surface area contributed by atoms with Gasteiger partial charge in [0.1, 0.15) is 0 Å². The molecule has 0 aliphatic carbocycles. The van der Waals surface area contributed by atoms with Crippen LogP contribution in [0.1, 0.15) is 24.5 Å². The first-order valence-electron chi connectivity index (χ1n) is 8.77. The summed E-state index contributed by atoms with van der Waals surface area (Å²) in [5.41, 5.74) is 3.03. The fourth-order valence-corrected chi connectivity index (χ4v) is 4.44. The Morgan fingerprint density at radius 1 is 1.26 bits per heavy atom. The minimum Gasteiger partial charge on any atom is -0.323 e. The molecular formula is C20H21ClN2O3S. The quantitative estimate of drug-likeness (QED) is 0.763. The van der Waals surface area contributed by atoms with Gasteiger partial charge in [-0.05, 0) is 61.2 Å². The van der Waals surface area contributed by atoms with E-state index >= 15 is 0 Å². The van der Waals surface area contributed by atoms with E-state index in [1.165, 1.54) is 10.4 Å². The van der Waals surface area contributed by atoms with Crippen LogP contribution in [-0.4, -0.2) is 26.6 Å². The van der Waals surface area contributed by atoms with Gasteiger partial charge in [-0.3, -0.25) is 9.10 Å². The first-order valence-corrected chi connectivity index (χ1v) is 10.8. The Kier molecular flexibility index (Phi) is 5.87. The van der Waals surface area contributed by atoms with Crippen molar-refractivity contribution in [3.63, 3.8) is 0 Å². The monoisotopic (exact) mass is 404 g/mol. The normalized spacial score (nSPS) is 14.2. The summed E-state index contributed by atoms with van der Waals surface area (Å²) >= 11 is 6.07. The minimum absolute atomic E-state index is 0.0672. The SMILES string of the molecule is CCS(=O)(=O)N1CCCc2cc(NC(=O)/C=C/c3ccccc3Cl)ccc21.